The smallest absolute Gasteiger partial charge is 0.253 e. The van der Waals surface area contributed by atoms with Crippen LogP contribution in [0.15, 0.2) is 61.9 Å². The van der Waals surface area contributed by atoms with Crippen LogP contribution in [-0.4, -0.2) is 36.0 Å². The normalized spacial score (nSPS) is 11.2. The van der Waals surface area contributed by atoms with Gasteiger partial charge in [-0.15, -0.1) is 31.7 Å². The number of aromatic nitrogens is 6. The average molecular weight is 494 g/mol. The quantitative estimate of drug-likeness (QED) is 0.299. The van der Waals surface area contributed by atoms with E-state index in [4.69, 9.17) is 14.7 Å². The number of benzene rings is 1. The average Bonchev–Trinajstić information content (AvgIpc) is 3.63. The highest BCUT2D eigenvalue weighted by molar-refractivity contribution is 7.98. The highest BCUT2D eigenvalue weighted by Gasteiger charge is 2.22. The van der Waals surface area contributed by atoms with Gasteiger partial charge >= 0.3 is 0 Å². The molecule has 0 bridgehead atoms. The third-order valence-corrected chi connectivity index (χ3v) is 6.77. The number of thiophene rings is 1. The SMILES string of the molecule is Cc1onc(-c2ccccc2)c1-c1nnc(CSc2nnc(-c3cccs3)n2CCC(N)=O)o1. The first kappa shape index (κ1) is 22.0. The summed E-state index contributed by atoms with van der Waals surface area (Å²) in [5, 5.41) is 23.8. The van der Waals surface area contributed by atoms with Crippen LogP contribution in [-0.2, 0) is 17.1 Å². The number of hydrogen-bond acceptors (Lipinski definition) is 10. The molecule has 0 aliphatic carbocycles. The minimum Gasteiger partial charge on any atom is -0.420 e. The Kier molecular flexibility index (Phi) is 6.23. The van der Waals surface area contributed by atoms with Gasteiger partial charge in [-0.1, -0.05) is 53.3 Å². The minimum absolute atomic E-state index is 0.184. The van der Waals surface area contributed by atoms with Crippen molar-refractivity contribution in [2.24, 2.45) is 5.73 Å². The van der Waals surface area contributed by atoms with Gasteiger partial charge in [0.15, 0.2) is 11.0 Å². The van der Waals surface area contributed by atoms with Crippen molar-refractivity contribution in [3.63, 3.8) is 0 Å². The van der Waals surface area contributed by atoms with E-state index in [0.717, 1.165) is 10.4 Å². The standard InChI is InChI=1S/C22H19N7O3S2/c1-13-18(19(28-32-13)14-6-3-2-4-7-14)21-26-24-17(31-21)12-34-22-27-25-20(15-8-5-11-33-15)29(22)10-9-16(23)30/h2-8,11H,9-10,12H2,1H3,(H2,23,30). The van der Waals surface area contributed by atoms with Crippen molar-refractivity contribution in [3.8, 4) is 33.4 Å². The summed E-state index contributed by atoms with van der Waals surface area (Å²) >= 11 is 2.94. The molecule has 0 saturated carbocycles. The van der Waals surface area contributed by atoms with Crippen molar-refractivity contribution in [1.29, 1.82) is 0 Å². The molecule has 0 atom stereocenters. The van der Waals surface area contributed by atoms with Crippen LogP contribution in [0, 0.1) is 6.92 Å². The molecule has 34 heavy (non-hydrogen) atoms. The van der Waals surface area contributed by atoms with Crippen molar-refractivity contribution >= 4 is 29.0 Å². The number of thioether (sulfide) groups is 1. The van der Waals surface area contributed by atoms with Crippen LogP contribution in [0.5, 0.6) is 0 Å². The molecule has 4 heterocycles. The molecule has 4 aromatic heterocycles. The van der Waals surface area contributed by atoms with Crippen LogP contribution >= 0.6 is 23.1 Å². The Hall–Kier alpha value is -3.77. The van der Waals surface area contributed by atoms with Crippen LogP contribution in [0.4, 0.5) is 0 Å². The number of nitrogens with zero attached hydrogens (tertiary/aromatic N) is 6. The van der Waals surface area contributed by atoms with Crippen molar-refractivity contribution in [3.05, 3.63) is 59.5 Å². The van der Waals surface area contributed by atoms with Crippen molar-refractivity contribution in [2.45, 2.75) is 30.8 Å². The van der Waals surface area contributed by atoms with E-state index in [1.165, 1.54) is 11.8 Å². The number of nitrogens with two attached hydrogens (primary N) is 1. The Balaban J connectivity index is 1.37. The summed E-state index contributed by atoms with van der Waals surface area (Å²) in [4.78, 5) is 12.3. The van der Waals surface area contributed by atoms with Crippen LogP contribution < -0.4 is 5.73 Å². The fourth-order valence-electron chi connectivity index (χ4n) is 3.36. The zero-order valence-corrected chi connectivity index (χ0v) is 19.7. The fourth-order valence-corrected chi connectivity index (χ4v) is 4.88. The summed E-state index contributed by atoms with van der Waals surface area (Å²) in [5.74, 6) is 2.02. The molecular weight excluding hydrogens is 474 g/mol. The van der Waals surface area contributed by atoms with E-state index in [1.807, 2.05) is 52.4 Å². The second-order valence-electron chi connectivity index (χ2n) is 7.27. The number of hydrogen-bond donors (Lipinski definition) is 1. The van der Waals surface area contributed by atoms with Gasteiger partial charge in [-0.2, -0.15) is 0 Å². The molecule has 2 N–H and O–H groups in total. The Morgan fingerprint density at radius 3 is 2.74 bits per heavy atom. The second-order valence-corrected chi connectivity index (χ2v) is 9.16. The zero-order valence-electron chi connectivity index (χ0n) is 18.0. The van der Waals surface area contributed by atoms with E-state index in [2.05, 4.69) is 25.6 Å². The minimum atomic E-state index is -0.387. The Morgan fingerprint density at radius 2 is 1.97 bits per heavy atom. The summed E-state index contributed by atoms with van der Waals surface area (Å²) in [6, 6.07) is 13.6. The molecule has 0 saturated heterocycles. The molecule has 5 rings (SSSR count). The van der Waals surface area contributed by atoms with Crippen LogP contribution in [0.2, 0.25) is 0 Å². The second kappa shape index (κ2) is 9.61. The van der Waals surface area contributed by atoms with E-state index < -0.39 is 0 Å². The summed E-state index contributed by atoms with van der Waals surface area (Å²) in [7, 11) is 0. The lowest BCUT2D eigenvalue weighted by Crippen LogP contribution is -2.14. The monoisotopic (exact) mass is 493 g/mol. The Bertz CT molecular complexity index is 1410. The number of carbonyl (C=O) groups is 1. The summed E-state index contributed by atoms with van der Waals surface area (Å²) in [5.41, 5.74) is 7.57. The first-order valence-electron chi connectivity index (χ1n) is 10.3. The maximum atomic E-state index is 11.4. The van der Waals surface area contributed by atoms with Gasteiger partial charge < -0.3 is 19.2 Å². The van der Waals surface area contributed by atoms with Crippen LogP contribution in [0.3, 0.4) is 0 Å². The maximum absolute atomic E-state index is 11.4. The predicted octanol–water partition coefficient (Wildman–Crippen LogP) is 4.19. The van der Waals surface area contributed by atoms with Gasteiger partial charge in [0.05, 0.1) is 10.6 Å². The molecule has 5 aromatic rings. The topological polar surface area (TPSA) is 139 Å². The maximum Gasteiger partial charge on any atom is 0.253 e. The summed E-state index contributed by atoms with van der Waals surface area (Å²) in [6.07, 6.45) is 0.184. The number of rotatable bonds is 9. The van der Waals surface area contributed by atoms with Crippen molar-refractivity contribution < 1.29 is 13.7 Å². The Labute approximate surface area is 202 Å². The highest BCUT2D eigenvalue weighted by atomic mass is 32.2. The molecule has 0 aliphatic rings. The lowest BCUT2D eigenvalue weighted by molar-refractivity contribution is -0.118. The van der Waals surface area contributed by atoms with E-state index >= 15 is 0 Å². The summed E-state index contributed by atoms with van der Waals surface area (Å²) < 4.78 is 13.2. The molecular formula is C22H19N7O3S2. The molecule has 0 spiro atoms. The number of primary amides is 1. The van der Waals surface area contributed by atoms with Gasteiger partial charge in [-0.05, 0) is 18.4 Å². The first-order valence-corrected chi connectivity index (χ1v) is 12.2. The lowest BCUT2D eigenvalue weighted by atomic mass is 10.1. The van der Waals surface area contributed by atoms with E-state index in [1.54, 1.807) is 18.3 Å². The van der Waals surface area contributed by atoms with Gasteiger partial charge in [0.2, 0.25) is 11.8 Å². The molecule has 0 radical (unpaired) electrons. The molecule has 1 aromatic carbocycles. The van der Waals surface area contributed by atoms with Crippen molar-refractivity contribution in [1.82, 2.24) is 30.1 Å². The van der Waals surface area contributed by atoms with Crippen LogP contribution in [0.25, 0.3) is 33.4 Å². The lowest BCUT2D eigenvalue weighted by Gasteiger charge is -2.07. The third-order valence-electron chi connectivity index (χ3n) is 4.96. The molecule has 0 fully saturated rings. The number of amides is 1. The predicted molar refractivity (Wildman–Crippen MR) is 127 cm³/mol. The molecule has 1 amide bonds. The molecule has 12 heteroatoms. The number of aryl methyl sites for hydroxylation is 1. The van der Waals surface area contributed by atoms with E-state index in [0.29, 0.717) is 52.1 Å². The van der Waals surface area contributed by atoms with Crippen molar-refractivity contribution in [2.75, 3.05) is 0 Å². The van der Waals surface area contributed by atoms with E-state index in [-0.39, 0.29) is 12.3 Å². The highest BCUT2D eigenvalue weighted by Crippen LogP contribution is 2.34. The van der Waals surface area contributed by atoms with Gasteiger partial charge in [-0.25, -0.2) is 0 Å². The summed E-state index contributed by atoms with van der Waals surface area (Å²) in [6.45, 7) is 2.19. The third kappa shape index (κ3) is 4.50. The largest absolute Gasteiger partial charge is 0.420 e. The van der Waals surface area contributed by atoms with Gasteiger partial charge in [0, 0.05) is 18.5 Å². The molecule has 0 aliphatic heterocycles. The zero-order chi connectivity index (χ0) is 23.5. The molecule has 10 nitrogen and oxygen atoms in total. The van der Waals surface area contributed by atoms with Crippen LogP contribution in [0.1, 0.15) is 18.1 Å². The molecule has 0 unspecified atom stereocenters. The Morgan fingerprint density at radius 1 is 1.12 bits per heavy atom. The van der Waals surface area contributed by atoms with Gasteiger partial charge in [0.1, 0.15) is 17.0 Å². The fraction of sp³-hybridized carbons (Fsp3) is 0.182. The molecule has 172 valence electrons. The number of carbonyl (C=O) groups excluding carboxylic acids is 1. The van der Waals surface area contributed by atoms with Gasteiger partial charge in [-0.3, -0.25) is 4.79 Å². The first-order chi connectivity index (χ1) is 16.6. The van der Waals surface area contributed by atoms with Gasteiger partial charge in [0.25, 0.3) is 5.89 Å². The van der Waals surface area contributed by atoms with E-state index in [9.17, 15) is 4.79 Å².